The number of rotatable bonds is 5. The lowest BCUT2D eigenvalue weighted by atomic mass is 10.1. The van der Waals surface area contributed by atoms with Gasteiger partial charge in [0, 0.05) is 6.92 Å². The highest BCUT2D eigenvalue weighted by Gasteiger charge is 2.40. The van der Waals surface area contributed by atoms with Crippen molar-refractivity contribution in [3.05, 3.63) is 0 Å². The number of carbonyl (C=O) groups is 3. The summed E-state index contributed by atoms with van der Waals surface area (Å²) in [7, 11) is 0. The van der Waals surface area contributed by atoms with E-state index in [9.17, 15) is 14.4 Å². The van der Waals surface area contributed by atoms with Crippen molar-refractivity contribution >= 4 is 30.2 Å². The molecule has 0 aliphatic carbocycles. The van der Waals surface area contributed by atoms with Crippen LogP contribution in [-0.4, -0.2) is 53.0 Å². The van der Waals surface area contributed by atoms with Crippen molar-refractivity contribution in [3.8, 4) is 12.3 Å². The molecule has 0 aromatic rings. The first kappa shape index (κ1) is 20.2. The highest BCUT2D eigenvalue weighted by atomic mass is 35.5. The van der Waals surface area contributed by atoms with E-state index in [4.69, 9.17) is 16.9 Å². The molecule has 1 aliphatic heterocycles. The van der Waals surface area contributed by atoms with Gasteiger partial charge >= 0.3 is 5.97 Å². The molecule has 2 N–H and O–H groups in total. The Morgan fingerprint density at radius 3 is 2.55 bits per heavy atom. The number of amides is 2. The predicted molar refractivity (Wildman–Crippen MR) is 82.5 cm³/mol. The van der Waals surface area contributed by atoms with Crippen LogP contribution >= 0.6 is 12.4 Å². The monoisotopic (exact) mass is 331 g/mol. The molecular weight excluding hydrogens is 310 g/mol. The lowest BCUT2D eigenvalue weighted by Crippen LogP contribution is -2.53. The number of hydrogen-bond acceptors (Lipinski definition) is 5. The highest BCUT2D eigenvalue weighted by Crippen LogP contribution is 2.21. The fourth-order valence-electron chi connectivity index (χ4n) is 2.29. The van der Waals surface area contributed by atoms with Gasteiger partial charge in [-0.05, 0) is 20.3 Å². The molecule has 0 unspecified atom stereocenters. The number of nitrogens with two attached hydrogens (primary N) is 1. The highest BCUT2D eigenvalue weighted by molar-refractivity contribution is 5.87. The second kappa shape index (κ2) is 8.61. The molecule has 0 aromatic carbocycles. The summed E-state index contributed by atoms with van der Waals surface area (Å²) in [4.78, 5) is 35.6. The van der Waals surface area contributed by atoms with Crippen LogP contribution in [0.2, 0.25) is 0 Å². The number of ether oxygens (including phenoxy) is 1. The van der Waals surface area contributed by atoms with Crippen molar-refractivity contribution in [2.24, 2.45) is 11.7 Å². The van der Waals surface area contributed by atoms with Crippen LogP contribution in [-0.2, 0) is 19.1 Å². The van der Waals surface area contributed by atoms with E-state index in [2.05, 4.69) is 5.92 Å². The van der Waals surface area contributed by atoms with Gasteiger partial charge in [-0.2, -0.15) is 0 Å². The van der Waals surface area contributed by atoms with Gasteiger partial charge in [0.2, 0.25) is 5.91 Å². The Hall–Kier alpha value is -1.78. The number of hydrogen-bond donors (Lipinski definition) is 1. The molecule has 1 saturated heterocycles. The van der Waals surface area contributed by atoms with Crippen LogP contribution < -0.4 is 5.73 Å². The summed E-state index contributed by atoms with van der Waals surface area (Å²) in [5, 5.41) is 2.47. The van der Waals surface area contributed by atoms with Gasteiger partial charge in [0.1, 0.15) is 5.92 Å². The van der Waals surface area contributed by atoms with Crippen molar-refractivity contribution in [1.82, 2.24) is 10.0 Å². The standard InChI is InChI=1S/C14H21N3O4.ClH/c1-5-11(14(20)21-6-2)8-16(10(4)18)17-9(3)7-12(15)13(17)19;/h1,9,11-12H,6-8,15H2,2-4H3;1H/t9-,11+,12+;/m1./s1. The molecule has 7 nitrogen and oxygen atoms in total. The molecule has 0 aromatic heterocycles. The van der Waals surface area contributed by atoms with Crippen molar-refractivity contribution in [2.45, 2.75) is 39.3 Å². The van der Waals surface area contributed by atoms with Crippen molar-refractivity contribution in [2.75, 3.05) is 13.2 Å². The Bertz CT molecular complexity index is 477. The molecule has 1 aliphatic rings. The van der Waals surface area contributed by atoms with Gasteiger partial charge in [-0.15, -0.1) is 18.8 Å². The summed E-state index contributed by atoms with van der Waals surface area (Å²) in [5.74, 6) is 0.0549. The van der Waals surface area contributed by atoms with Crippen LogP contribution in [0.25, 0.3) is 0 Å². The SMILES string of the molecule is C#C[C@@H](CN(C(C)=O)N1C(=O)[C@@H](N)C[C@H]1C)C(=O)OCC.Cl. The minimum absolute atomic E-state index is 0. The zero-order valence-electron chi connectivity index (χ0n) is 12.9. The minimum Gasteiger partial charge on any atom is -0.465 e. The molecule has 124 valence electrons. The average Bonchev–Trinajstić information content (AvgIpc) is 2.65. The van der Waals surface area contributed by atoms with E-state index in [0.29, 0.717) is 6.42 Å². The second-order valence-corrected chi connectivity index (χ2v) is 4.95. The Balaban J connectivity index is 0.00000441. The number of terminal acetylenes is 1. The average molecular weight is 332 g/mol. The summed E-state index contributed by atoms with van der Waals surface area (Å²) >= 11 is 0. The summed E-state index contributed by atoms with van der Waals surface area (Å²) < 4.78 is 4.87. The van der Waals surface area contributed by atoms with Crippen LogP contribution in [0.4, 0.5) is 0 Å². The quantitative estimate of drug-likeness (QED) is 0.562. The van der Waals surface area contributed by atoms with E-state index in [1.54, 1.807) is 13.8 Å². The molecule has 0 radical (unpaired) electrons. The number of halogens is 1. The lowest BCUT2D eigenvalue weighted by Gasteiger charge is -2.35. The van der Waals surface area contributed by atoms with Crippen LogP contribution in [0.1, 0.15) is 27.2 Å². The normalized spacial score (nSPS) is 21.6. The molecule has 22 heavy (non-hydrogen) atoms. The van der Waals surface area contributed by atoms with Gasteiger partial charge in [-0.1, -0.05) is 5.92 Å². The van der Waals surface area contributed by atoms with E-state index >= 15 is 0 Å². The van der Waals surface area contributed by atoms with Crippen LogP contribution in [0, 0.1) is 18.3 Å². The number of nitrogens with zero attached hydrogens (tertiary/aromatic N) is 2. The van der Waals surface area contributed by atoms with Gasteiger partial charge in [0.25, 0.3) is 5.91 Å². The number of carbonyl (C=O) groups excluding carboxylic acids is 3. The van der Waals surface area contributed by atoms with Crippen molar-refractivity contribution in [3.63, 3.8) is 0 Å². The maximum atomic E-state index is 12.1. The fraction of sp³-hybridized carbons (Fsp3) is 0.643. The summed E-state index contributed by atoms with van der Waals surface area (Å²) in [5.41, 5.74) is 5.71. The van der Waals surface area contributed by atoms with E-state index < -0.39 is 17.9 Å². The largest absolute Gasteiger partial charge is 0.465 e. The van der Waals surface area contributed by atoms with Crippen LogP contribution in [0.15, 0.2) is 0 Å². The Morgan fingerprint density at radius 1 is 1.59 bits per heavy atom. The van der Waals surface area contributed by atoms with Gasteiger partial charge in [-0.3, -0.25) is 14.4 Å². The summed E-state index contributed by atoms with van der Waals surface area (Å²) in [6.45, 7) is 4.85. The first-order valence-electron chi connectivity index (χ1n) is 6.82. The van der Waals surface area contributed by atoms with Gasteiger partial charge in [-0.25, -0.2) is 10.0 Å². The molecule has 0 bridgehead atoms. The third kappa shape index (κ3) is 4.36. The van der Waals surface area contributed by atoms with E-state index in [1.165, 1.54) is 16.9 Å². The lowest BCUT2D eigenvalue weighted by molar-refractivity contribution is -0.166. The fourth-order valence-corrected chi connectivity index (χ4v) is 2.29. The maximum Gasteiger partial charge on any atom is 0.323 e. The van der Waals surface area contributed by atoms with Gasteiger partial charge in [0.05, 0.1) is 25.2 Å². The molecule has 3 atom stereocenters. The first-order valence-corrected chi connectivity index (χ1v) is 6.82. The molecular formula is C14H22ClN3O4. The van der Waals surface area contributed by atoms with Gasteiger partial charge < -0.3 is 10.5 Å². The van der Waals surface area contributed by atoms with E-state index in [-0.39, 0.29) is 43.4 Å². The second-order valence-electron chi connectivity index (χ2n) is 4.95. The predicted octanol–water partition coefficient (Wildman–Crippen LogP) is -0.0677. The minimum atomic E-state index is -0.925. The topological polar surface area (TPSA) is 92.9 Å². The maximum absolute atomic E-state index is 12.1. The van der Waals surface area contributed by atoms with Crippen molar-refractivity contribution in [1.29, 1.82) is 0 Å². The first-order chi connectivity index (χ1) is 9.83. The molecule has 1 fully saturated rings. The zero-order chi connectivity index (χ0) is 16.2. The van der Waals surface area contributed by atoms with Crippen LogP contribution in [0.5, 0.6) is 0 Å². The van der Waals surface area contributed by atoms with Gasteiger partial charge in [0.15, 0.2) is 0 Å². The number of esters is 1. The zero-order valence-corrected chi connectivity index (χ0v) is 13.8. The Labute approximate surface area is 136 Å². The molecule has 8 heteroatoms. The molecule has 1 rings (SSSR count). The molecule has 0 saturated carbocycles. The molecule has 0 spiro atoms. The summed E-state index contributed by atoms with van der Waals surface area (Å²) in [6, 6.07) is -0.870. The van der Waals surface area contributed by atoms with Crippen LogP contribution in [0.3, 0.4) is 0 Å². The van der Waals surface area contributed by atoms with Crippen molar-refractivity contribution < 1.29 is 19.1 Å². The van der Waals surface area contributed by atoms with E-state index in [1.807, 2.05) is 0 Å². The van der Waals surface area contributed by atoms with E-state index in [0.717, 1.165) is 0 Å². The molecule has 1 heterocycles. The molecule has 2 amide bonds. The smallest absolute Gasteiger partial charge is 0.323 e. The third-order valence-corrected chi connectivity index (χ3v) is 3.31. The summed E-state index contributed by atoms with van der Waals surface area (Å²) in [6.07, 6.45) is 5.78. The number of hydrazine groups is 1. The Kier molecular flexibility index (Phi) is 7.91. The Morgan fingerprint density at radius 2 is 2.18 bits per heavy atom. The third-order valence-electron chi connectivity index (χ3n) is 3.31.